The zero-order valence-corrected chi connectivity index (χ0v) is 20.1. The average molecular weight is 480 g/mol. The molecule has 1 amide bonds. The molecule has 1 saturated heterocycles. The fourth-order valence-corrected chi connectivity index (χ4v) is 4.18. The highest BCUT2D eigenvalue weighted by Gasteiger charge is 2.28. The fraction of sp³-hybridized carbons (Fsp3) is 0.440. The van der Waals surface area contributed by atoms with Gasteiger partial charge in [-0.05, 0) is 64.5 Å². The summed E-state index contributed by atoms with van der Waals surface area (Å²) in [5, 5.41) is 29.4. The number of hydrogen-bond acceptors (Lipinski definition) is 7. The number of alkyl halides is 1. The smallest absolute Gasteiger partial charge is 0.255 e. The second kappa shape index (κ2) is 9.98. The number of fused-ring (bicyclic) bond motifs is 1. The Bertz CT molecular complexity index is 1260. The van der Waals surface area contributed by atoms with Crippen molar-refractivity contribution in [1.29, 1.82) is 5.26 Å². The molecule has 0 bridgehead atoms. The van der Waals surface area contributed by atoms with E-state index >= 15 is 0 Å². The van der Waals surface area contributed by atoms with Gasteiger partial charge in [-0.2, -0.15) is 10.4 Å². The first-order valence-corrected chi connectivity index (χ1v) is 11.6. The number of aliphatic hydroxyl groups is 1. The summed E-state index contributed by atoms with van der Waals surface area (Å²) in [5.74, 6) is -0.473. The van der Waals surface area contributed by atoms with Gasteiger partial charge in [0.05, 0.1) is 52.1 Å². The standard InChI is InChI=1S/C25H30FN7O2/c1-25(2,35)23(26)14-29-24(34)19-13-28-21(10-20(19)31-17-5-4-8-32(3)15-17)22-7-6-18-9-16(11-27)12-30-33(18)22/h6-7,9-10,12-13,17,23,35H,4-5,8,14-15H2,1-3H3,(H,28,31)(H,29,34)/t17-,23?/m1/s1. The summed E-state index contributed by atoms with van der Waals surface area (Å²) in [6.07, 6.45) is 3.35. The quantitative estimate of drug-likeness (QED) is 0.477. The van der Waals surface area contributed by atoms with Crippen molar-refractivity contribution in [3.05, 3.63) is 47.8 Å². The lowest BCUT2D eigenvalue weighted by Crippen LogP contribution is -2.42. The molecule has 10 heteroatoms. The number of nitrogens with one attached hydrogen (secondary N) is 2. The summed E-state index contributed by atoms with van der Waals surface area (Å²) in [4.78, 5) is 19.7. The highest BCUT2D eigenvalue weighted by Crippen LogP contribution is 2.27. The predicted molar refractivity (Wildman–Crippen MR) is 131 cm³/mol. The number of likely N-dealkylation sites (N-methyl/N-ethyl adjacent to an activating group) is 1. The maximum atomic E-state index is 14.2. The molecule has 1 unspecified atom stereocenters. The molecular formula is C25H30FN7O2. The molecule has 2 atom stereocenters. The van der Waals surface area contributed by atoms with Crippen LogP contribution < -0.4 is 10.6 Å². The van der Waals surface area contributed by atoms with Crippen molar-refractivity contribution in [1.82, 2.24) is 24.8 Å². The number of carbonyl (C=O) groups excluding carboxylic acids is 1. The van der Waals surface area contributed by atoms with Gasteiger partial charge < -0.3 is 20.6 Å². The first kappa shape index (κ1) is 24.6. The van der Waals surface area contributed by atoms with Crippen molar-refractivity contribution in [2.75, 3.05) is 32.0 Å². The van der Waals surface area contributed by atoms with Gasteiger partial charge in [-0.1, -0.05) is 0 Å². The number of rotatable bonds is 7. The molecule has 35 heavy (non-hydrogen) atoms. The highest BCUT2D eigenvalue weighted by molar-refractivity contribution is 6.00. The summed E-state index contributed by atoms with van der Waals surface area (Å²) in [6.45, 7) is 4.26. The van der Waals surface area contributed by atoms with Gasteiger partial charge in [-0.3, -0.25) is 9.78 Å². The van der Waals surface area contributed by atoms with E-state index in [1.165, 1.54) is 26.2 Å². The summed E-state index contributed by atoms with van der Waals surface area (Å²) < 4.78 is 15.9. The average Bonchev–Trinajstić information content (AvgIpc) is 3.25. The van der Waals surface area contributed by atoms with Crippen LogP contribution in [0.1, 0.15) is 42.6 Å². The van der Waals surface area contributed by atoms with Crippen molar-refractivity contribution >= 4 is 17.1 Å². The Labute approximate surface area is 203 Å². The number of aromatic nitrogens is 3. The van der Waals surface area contributed by atoms with E-state index in [9.17, 15) is 14.3 Å². The van der Waals surface area contributed by atoms with Gasteiger partial charge in [0, 0.05) is 18.8 Å². The van der Waals surface area contributed by atoms with E-state index in [-0.39, 0.29) is 12.6 Å². The molecule has 9 nitrogen and oxygen atoms in total. The third kappa shape index (κ3) is 5.58. The summed E-state index contributed by atoms with van der Waals surface area (Å²) >= 11 is 0. The Hall–Kier alpha value is -3.55. The molecule has 184 valence electrons. The second-order valence-electron chi connectivity index (χ2n) is 9.60. The van der Waals surface area contributed by atoms with E-state index in [0.29, 0.717) is 28.2 Å². The number of likely N-dealkylation sites (tertiary alicyclic amines) is 1. The van der Waals surface area contributed by atoms with Crippen molar-refractivity contribution in [2.24, 2.45) is 0 Å². The van der Waals surface area contributed by atoms with E-state index in [1.807, 2.05) is 12.1 Å². The molecule has 0 spiro atoms. The third-order valence-corrected chi connectivity index (χ3v) is 6.23. The number of anilines is 1. The monoisotopic (exact) mass is 479 g/mol. The van der Waals surface area contributed by atoms with Gasteiger partial charge in [-0.25, -0.2) is 8.91 Å². The predicted octanol–water partition coefficient (Wildman–Crippen LogP) is 2.61. The van der Waals surface area contributed by atoms with Gasteiger partial charge in [-0.15, -0.1) is 0 Å². The molecule has 1 aliphatic heterocycles. The molecule has 1 aliphatic rings. The number of piperidine rings is 1. The van der Waals surface area contributed by atoms with E-state index < -0.39 is 17.7 Å². The lowest BCUT2D eigenvalue weighted by atomic mass is 10.0. The maximum Gasteiger partial charge on any atom is 0.255 e. The van der Waals surface area contributed by atoms with E-state index in [2.05, 4.69) is 38.7 Å². The lowest BCUT2D eigenvalue weighted by Gasteiger charge is -2.31. The van der Waals surface area contributed by atoms with Gasteiger partial charge in [0.25, 0.3) is 5.91 Å². The van der Waals surface area contributed by atoms with Crippen molar-refractivity contribution in [2.45, 2.75) is 44.5 Å². The molecule has 3 N–H and O–H groups in total. The summed E-state index contributed by atoms with van der Waals surface area (Å²) in [7, 11) is 2.06. The summed E-state index contributed by atoms with van der Waals surface area (Å²) in [5.41, 5.74) is 1.87. The minimum absolute atomic E-state index is 0.140. The van der Waals surface area contributed by atoms with Crippen LogP contribution in [0.25, 0.3) is 16.9 Å². The van der Waals surface area contributed by atoms with Crippen molar-refractivity contribution < 1.29 is 14.3 Å². The number of nitriles is 1. The van der Waals surface area contributed by atoms with Crippen LogP contribution in [0.5, 0.6) is 0 Å². The molecule has 1 fully saturated rings. The Balaban J connectivity index is 1.66. The maximum absolute atomic E-state index is 14.2. The number of nitrogens with zero attached hydrogens (tertiary/aromatic N) is 5. The molecular weight excluding hydrogens is 449 g/mol. The number of hydrogen-bond donors (Lipinski definition) is 3. The van der Waals surface area contributed by atoms with Crippen LogP contribution in [0.15, 0.2) is 36.7 Å². The van der Waals surface area contributed by atoms with E-state index in [0.717, 1.165) is 31.4 Å². The number of amides is 1. The minimum Gasteiger partial charge on any atom is -0.387 e. The van der Waals surface area contributed by atoms with Gasteiger partial charge in [0.1, 0.15) is 12.2 Å². The van der Waals surface area contributed by atoms with Crippen LogP contribution in [0.4, 0.5) is 10.1 Å². The van der Waals surface area contributed by atoms with E-state index in [4.69, 9.17) is 5.26 Å². The summed E-state index contributed by atoms with van der Waals surface area (Å²) in [6, 6.07) is 9.48. The normalized spacial score (nSPS) is 17.7. The Kier molecular flexibility index (Phi) is 7.00. The van der Waals surface area contributed by atoms with Crippen LogP contribution >= 0.6 is 0 Å². The lowest BCUT2D eigenvalue weighted by molar-refractivity contribution is -0.00177. The molecule has 0 radical (unpaired) electrons. The molecule has 4 rings (SSSR count). The molecule has 4 heterocycles. The Morgan fingerprint density at radius 1 is 1.37 bits per heavy atom. The number of carbonyl (C=O) groups is 1. The molecule has 3 aromatic rings. The SMILES string of the molecule is CN1CCC[C@@H](Nc2cc(-c3ccc4cc(C#N)cnn34)ncc2C(=O)NCC(F)C(C)(C)O)C1. The van der Waals surface area contributed by atoms with Gasteiger partial charge in [0.15, 0.2) is 0 Å². The topological polar surface area (TPSA) is 119 Å². The molecule has 0 aliphatic carbocycles. The molecule has 0 aromatic carbocycles. The zero-order chi connectivity index (χ0) is 25.2. The Morgan fingerprint density at radius 2 is 2.17 bits per heavy atom. The molecule has 3 aromatic heterocycles. The minimum atomic E-state index is -1.61. The first-order valence-electron chi connectivity index (χ1n) is 11.6. The fourth-order valence-electron chi connectivity index (χ4n) is 4.18. The first-order chi connectivity index (χ1) is 16.7. The number of halogens is 1. The third-order valence-electron chi connectivity index (χ3n) is 6.23. The van der Waals surface area contributed by atoms with Gasteiger partial charge >= 0.3 is 0 Å². The largest absolute Gasteiger partial charge is 0.387 e. The van der Waals surface area contributed by atoms with Crippen LogP contribution in [-0.4, -0.2) is 75.0 Å². The van der Waals surface area contributed by atoms with Crippen LogP contribution in [0.2, 0.25) is 0 Å². The van der Waals surface area contributed by atoms with Gasteiger partial charge in [0.2, 0.25) is 0 Å². The second-order valence-corrected chi connectivity index (χ2v) is 9.60. The van der Waals surface area contributed by atoms with Crippen LogP contribution in [0.3, 0.4) is 0 Å². The Morgan fingerprint density at radius 3 is 2.89 bits per heavy atom. The van der Waals surface area contributed by atoms with Crippen LogP contribution in [0, 0.1) is 11.3 Å². The number of pyridine rings is 1. The highest BCUT2D eigenvalue weighted by atomic mass is 19.1. The zero-order valence-electron chi connectivity index (χ0n) is 20.1. The van der Waals surface area contributed by atoms with E-state index in [1.54, 1.807) is 16.6 Å². The van der Waals surface area contributed by atoms with Crippen molar-refractivity contribution in [3.63, 3.8) is 0 Å². The van der Waals surface area contributed by atoms with Crippen molar-refractivity contribution in [3.8, 4) is 17.5 Å². The molecule has 0 saturated carbocycles. The van der Waals surface area contributed by atoms with Crippen LogP contribution in [-0.2, 0) is 0 Å².